The maximum atomic E-state index is 12.9. The first-order valence-electron chi connectivity index (χ1n) is 11.3. The maximum absolute atomic E-state index is 12.9. The van der Waals surface area contributed by atoms with Crippen molar-refractivity contribution in [3.05, 3.63) is 61.6 Å². The molecule has 4 rings (SSSR count). The Bertz CT molecular complexity index is 1060. The van der Waals surface area contributed by atoms with E-state index >= 15 is 0 Å². The lowest BCUT2D eigenvalue weighted by Crippen LogP contribution is -2.34. The molecule has 33 heavy (non-hydrogen) atoms. The number of carbonyl (C=O) groups excluding carboxylic acids is 2. The molecular formula is C26H28INO4S. The smallest absolute Gasteiger partial charge is 0.293 e. The van der Waals surface area contributed by atoms with Crippen molar-refractivity contribution in [1.82, 2.24) is 4.90 Å². The maximum Gasteiger partial charge on any atom is 0.293 e. The number of rotatable bonds is 7. The number of hydrogen-bond acceptors (Lipinski definition) is 5. The topological polar surface area (TPSA) is 55.8 Å². The Morgan fingerprint density at radius 3 is 2.55 bits per heavy atom. The minimum atomic E-state index is -0.191. The van der Waals surface area contributed by atoms with Gasteiger partial charge in [-0.1, -0.05) is 49.1 Å². The van der Waals surface area contributed by atoms with Crippen LogP contribution in [-0.4, -0.2) is 29.7 Å². The molecule has 1 aliphatic heterocycles. The largest absolute Gasteiger partial charge is 0.493 e. The third-order valence-corrected chi connectivity index (χ3v) is 7.80. The van der Waals surface area contributed by atoms with E-state index in [1.54, 1.807) is 13.2 Å². The van der Waals surface area contributed by atoms with Gasteiger partial charge in [0, 0.05) is 6.54 Å². The van der Waals surface area contributed by atoms with Crippen LogP contribution in [0.3, 0.4) is 0 Å². The molecule has 1 aliphatic carbocycles. The highest BCUT2D eigenvalue weighted by molar-refractivity contribution is 14.1. The van der Waals surface area contributed by atoms with Crippen LogP contribution in [0, 0.1) is 16.4 Å². The minimum absolute atomic E-state index is 0.170. The zero-order valence-electron chi connectivity index (χ0n) is 18.9. The second-order valence-corrected chi connectivity index (χ2v) is 10.8. The number of aryl methyl sites for hydroxylation is 1. The summed E-state index contributed by atoms with van der Waals surface area (Å²) in [6.45, 7) is 3.03. The van der Waals surface area contributed by atoms with Crippen molar-refractivity contribution in [2.45, 2.75) is 45.6 Å². The fourth-order valence-corrected chi connectivity index (χ4v) is 5.87. The van der Waals surface area contributed by atoms with Gasteiger partial charge in [-0.2, -0.15) is 0 Å². The zero-order valence-corrected chi connectivity index (χ0v) is 21.9. The minimum Gasteiger partial charge on any atom is -0.493 e. The van der Waals surface area contributed by atoms with E-state index < -0.39 is 0 Å². The number of amides is 2. The Kier molecular flexibility index (Phi) is 8.01. The molecule has 0 bridgehead atoms. The molecular weight excluding hydrogens is 549 g/mol. The van der Waals surface area contributed by atoms with Crippen molar-refractivity contribution in [1.29, 1.82) is 0 Å². The summed E-state index contributed by atoms with van der Waals surface area (Å²) in [5.74, 6) is 1.50. The number of benzene rings is 2. The van der Waals surface area contributed by atoms with Crippen molar-refractivity contribution in [2.24, 2.45) is 5.92 Å². The third kappa shape index (κ3) is 5.93. The Hall–Kier alpha value is -2.00. The predicted molar refractivity (Wildman–Crippen MR) is 140 cm³/mol. The highest BCUT2D eigenvalue weighted by Gasteiger charge is 2.36. The Morgan fingerprint density at radius 1 is 1.12 bits per heavy atom. The summed E-state index contributed by atoms with van der Waals surface area (Å²) < 4.78 is 12.5. The Morgan fingerprint density at radius 2 is 1.85 bits per heavy atom. The van der Waals surface area contributed by atoms with E-state index in [0.29, 0.717) is 35.5 Å². The van der Waals surface area contributed by atoms with E-state index in [1.165, 1.54) is 29.7 Å². The van der Waals surface area contributed by atoms with Crippen LogP contribution in [0.2, 0.25) is 0 Å². The number of thioether (sulfide) groups is 1. The lowest BCUT2D eigenvalue weighted by atomic mass is 9.89. The summed E-state index contributed by atoms with van der Waals surface area (Å²) in [7, 11) is 1.60. The van der Waals surface area contributed by atoms with Gasteiger partial charge >= 0.3 is 0 Å². The van der Waals surface area contributed by atoms with Gasteiger partial charge in [-0.15, -0.1) is 0 Å². The summed E-state index contributed by atoms with van der Waals surface area (Å²) >= 11 is 3.24. The highest BCUT2D eigenvalue weighted by Crippen LogP contribution is 2.38. The molecule has 1 heterocycles. The summed E-state index contributed by atoms with van der Waals surface area (Å²) in [4.78, 5) is 27.4. The molecule has 2 fully saturated rings. The van der Waals surface area contributed by atoms with Crippen LogP contribution >= 0.6 is 34.4 Å². The number of hydrogen-bond donors (Lipinski definition) is 0. The summed E-state index contributed by atoms with van der Waals surface area (Å²) in [5.41, 5.74) is 3.09. The zero-order chi connectivity index (χ0) is 23.4. The van der Waals surface area contributed by atoms with Crippen molar-refractivity contribution in [3.8, 4) is 11.5 Å². The first-order valence-corrected chi connectivity index (χ1v) is 13.2. The molecule has 1 saturated carbocycles. The Labute approximate surface area is 213 Å². The highest BCUT2D eigenvalue weighted by atomic mass is 127. The molecule has 2 amide bonds. The molecule has 0 aromatic heterocycles. The van der Waals surface area contributed by atoms with Gasteiger partial charge in [0.1, 0.15) is 6.61 Å². The predicted octanol–water partition coefficient (Wildman–Crippen LogP) is 6.80. The van der Waals surface area contributed by atoms with Crippen LogP contribution in [0.15, 0.2) is 41.3 Å². The van der Waals surface area contributed by atoms with Crippen LogP contribution in [0.4, 0.5) is 4.79 Å². The van der Waals surface area contributed by atoms with Crippen LogP contribution in [0.25, 0.3) is 6.08 Å². The van der Waals surface area contributed by atoms with Gasteiger partial charge in [0.2, 0.25) is 0 Å². The van der Waals surface area contributed by atoms with Crippen molar-refractivity contribution in [2.75, 3.05) is 13.7 Å². The monoisotopic (exact) mass is 577 g/mol. The Balaban J connectivity index is 1.49. The van der Waals surface area contributed by atoms with Crippen molar-refractivity contribution in [3.63, 3.8) is 0 Å². The number of halogens is 1. The molecule has 0 spiro atoms. The molecule has 0 unspecified atom stereocenters. The number of methoxy groups -OCH3 is 1. The standard InChI is InChI=1S/C26H28INO4S/c1-17-8-10-19(11-9-17)16-32-24-21(27)12-20(13-22(24)31-2)14-23-25(29)28(26(30)33-23)15-18-6-4-3-5-7-18/h8-14,18H,3-7,15-16H2,1-2H3/b23-14+. The summed E-state index contributed by atoms with van der Waals surface area (Å²) in [6, 6.07) is 12.0. The average Bonchev–Trinajstić information content (AvgIpc) is 3.07. The normalized spacial score (nSPS) is 18.3. The number of imide groups is 1. The molecule has 2 aromatic carbocycles. The van der Waals surface area contributed by atoms with Crippen molar-refractivity contribution >= 4 is 51.6 Å². The van der Waals surface area contributed by atoms with Gasteiger partial charge in [-0.3, -0.25) is 14.5 Å². The van der Waals surface area contributed by atoms with E-state index in [9.17, 15) is 9.59 Å². The van der Waals surface area contributed by atoms with Gasteiger partial charge in [0.25, 0.3) is 11.1 Å². The summed E-state index contributed by atoms with van der Waals surface area (Å²) in [6.07, 6.45) is 7.60. The number of carbonyl (C=O) groups is 2. The van der Waals surface area contributed by atoms with Crippen LogP contribution in [0.1, 0.15) is 48.8 Å². The molecule has 7 heteroatoms. The second-order valence-electron chi connectivity index (χ2n) is 8.60. The van der Waals surface area contributed by atoms with Crippen molar-refractivity contribution < 1.29 is 19.1 Å². The van der Waals surface area contributed by atoms with Gasteiger partial charge in [-0.05, 0) is 89.4 Å². The molecule has 174 valence electrons. The lowest BCUT2D eigenvalue weighted by molar-refractivity contribution is -0.123. The van der Waals surface area contributed by atoms with Crippen LogP contribution in [0.5, 0.6) is 11.5 Å². The molecule has 1 saturated heterocycles. The van der Waals surface area contributed by atoms with E-state index in [2.05, 4.69) is 41.6 Å². The van der Waals surface area contributed by atoms with E-state index in [0.717, 1.165) is 39.3 Å². The first kappa shape index (κ1) is 24.1. The number of nitrogens with zero attached hydrogens (tertiary/aromatic N) is 1. The quantitative estimate of drug-likeness (QED) is 0.268. The van der Waals surface area contributed by atoms with Gasteiger partial charge in [-0.25, -0.2) is 0 Å². The van der Waals surface area contributed by atoms with Gasteiger partial charge in [0.05, 0.1) is 15.6 Å². The molecule has 5 nitrogen and oxygen atoms in total. The number of ether oxygens (including phenoxy) is 2. The molecule has 0 radical (unpaired) electrons. The van der Waals surface area contributed by atoms with Gasteiger partial charge in [0.15, 0.2) is 11.5 Å². The van der Waals surface area contributed by atoms with E-state index in [4.69, 9.17) is 9.47 Å². The molecule has 2 aliphatic rings. The SMILES string of the molecule is COc1cc(/C=C2/SC(=O)N(CC3CCCCC3)C2=O)cc(I)c1OCc1ccc(C)cc1. The third-order valence-electron chi connectivity index (χ3n) is 6.09. The molecule has 2 aromatic rings. The van der Waals surface area contributed by atoms with E-state index in [-0.39, 0.29) is 11.1 Å². The average molecular weight is 577 g/mol. The summed E-state index contributed by atoms with van der Waals surface area (Å²) in [5, 5.41) is -0.170. The molecule has 0 N–H and O–H groups in total. The first-order chi connectivity index (χ1) is 15.9. The van der Waals surface area contributed by atoms with E-state index in [1.807, 2.05) is 24.3 Å². The fourth-order valence-electron chi connectivity index (χ4n) is 4.24. The lowest BCUT2D eigenvalue weighted by Gasteiger charge is -2.25. The fraction of sp³-hybridized carbons (Fsp3) is 0.385. The molecule has 0 atom stereocenters. The second kappa shape index (κ2) is 11.0. The van der Waals surface area contributed by atoms with Gasteiger partial charge < -0.3 is 9.47 Å². The van der Waals surface area contributed by atoms with Crippen LogP contribution in [-0.2, 0) is 11.4 Å². The van der Waals surface area contributed by atoms with Crippen LogP contribution < -0.4 is 9.47 Å².